The number of rotatable bonds is 3. The fraction of sp³-hybridized carbons (Fsp3) is 0.294. The largest absolute Gasteiger partial charge is 0.384 e. The maximum Gasteiger partial charge on any atom is 0.106 e. The van der Waals surface area contributed by atoms with Crippen molar-refractivity contribution in [2.24, 2.45) is 0 Å². The number of aliphatic hydroxyl groups is 1. The quantitative estimate of drug-likeness (QED) is 0.869. The second kappa shape index (κ2) is 5.45. The molecule has 2 N–H and O–H groups in total. The van der Waals surface area contributed by atoms with Crippen LogP contribution in [-0.4, -0.2) is 10.6 Å². The van der Waals surface area contributed by atoms with E-state index in [9.17, 15) is 5.11 Å². The maximum absolute atomic E-state index is 10.5. The van der Waals surface area contributed by atoms with Gasteiger partial charge in [-0.1, -0.05) is 48.5 Å². The van der Waals surface area contributed by atoms with Crippen molar-refractivity contribution in [1.82, 2.24) is 0 Å². The molecule has 0 amide bonds. The van der Waals surface area contributed by atoms with Crippen LogP contribution >= 0.6 is 0 Å². The molecule has 0 spiro atoms. The number of para-hydroxylation sites is 1. The van der Waals surface area contributed by atoms with E-state index in [1.807, 2.05) is 54.6 Å². The first-order chi connectivity index (χ1) is 8.97. The van der Waals surface area contributed by atoms with Crippen molar-refractivity contribution in [2.75, 3.05) is 5.32 Å². The maximum atomic E-state index is 10.5. The van der Waals surface area contributed by atoms with Crippen molar-refractivity contribution in [2.45, 2.75) is 32.4 Å². The van der Waals surface area contributed by atoms with E-state index in [-0.39, 0.29) is 5.54 Å². The van der Waals surface area contributed by atoms with Gasteiger partial charge in [0.1, 0.15) is 6.10 Å². The zero-order valence-corrected chi connectivity index (χ0v) is 11.7. The summed E-state index contributed by atoms with van der Waals surface area (Å²) in [5.74, 6) is 0. The topological polar surface area (TPSA) is 32.3 Å². The van der Waals surface area contributed by atoms with Gasteiger partial charge in [0, 0.05) is 16.8 Å². The van der Waals surface area contributed by atoms with E-state index < -0.39 is 6.10 Å². The van der Waals surface area contributed by atoms with Crippen LogP contribution in [0.3, 0.4) is 0 Å². The third-order valence-electron chi connectivity index (χ3n) is 2.88. The van der Waals surface area contributed by atoms with Gasteiger partial charge in [-0.3, -0.25) is 0 Å². The van der Waals surface area contributed by atoms with Gasteiger partial charge in [-0.15, -0.1) is 0 Å². The van der Waals surface area contributed by atoms with Crippen LogP contribution in [0.5, 0.6) is 0 Å². The lowest BCUT2D eigenvalue weighted by Crippen LogP contribution is -2.27. The molecule has 19 heavy (non-hydrogen) atoms. The van der Waals surface area contributed by atoms with Gasteiger partial charge in [0.2, 0.25) is 0 Å². The van der Waals surface area contributed by atoms with Crippen LogP contribution < -0.4 is 5.32 Å². The first-order valence-corrected chi connectivity index (χ1v) is 6.57. The van der Waals surface area contributed by atoms with Gasteiger partial charge in [0.15, 0.2) is 0 Å². The lowest BCUT2D eigenvalue weighted by molar-refractivity contribution is 0.221. The van der Waals surface area contributed by atoms with E-state index in [2.05, 4.69) is 26.1 Å². The molecule has 0 radical (unpaired) electrons. The molecule has 0 aliphatic rings. The standard InChI is InChI=1S/C17H21NO/c1-17(2,3)18-15-12-8-7-11-14(15)16(19)13-9-5-4-6-10-13/h4-12,16,18-19H,1-3H3. The molecule has 0 fully saturated rings. The Morgan fingerprint density at radius 1 is 0.895 bits per heavy atom. The zero-order valence-electron chi connectivity index (χ0n) is 11.7. The van der Waals surface area contributed by atoms with E-state index >= 15 is 0 Å². The van der Waals surface area contributed by atoms with E-state index in [0.29, 0.717) is 0 Å². The highest BCUT2D eigenvalue weighted by molar-refractivity contribution is 5.55. The lowest BCUT2D eigenvalue weighted by atomic mass is 9.98. The number of benzene rings is 2. The monoisotopic (exact) mass is 255 g/mol. The highest BCUT2D eigenvalue weighted by Gasteiger charge is 2.17. The third-order valence-corrected chi connectivity index (χ3v) is 2.88. The van der Waals surface area contributed by atoms with Gasteiger partial charge in [-0.2, -0.15) is 0 Å². The highest BCUT2D eigenvalue weighted by Crippen LogP contribution is 2.29. The molecule has 2 aromatic rings. The number of hydrogen-bond acceptors (Lipinski definition) is 2. The molecule has 0 saturated heterocycles. The Bertz CT molecular complexity index is 528. The van der Waals surface area contributed by atoms with Gasteiger partial charge in [-0.25, -0.2) is 0 Å². The van der Waals surface area contributed by atoms with E-state index in [1.165, 1.54) is 0 Å². The zero-order chi connectivity index (χ0) is 13.9. The smallest absolute Gasteiger partial charge is 0.106 e. The summed E-state index contributed by atoms with van der Waals surface area (Å²) < 4.78 is 0. The van der Waals surface area contributed by atoms with Crippen LogP contribution in [0, 0.1) is 0 Å². The van der Waals surface area contributed by atoms with Gasteiger partial charge >= 0.3 is 0 Å². The molecule has 0 saturated carbocycles. The molecular formula is C17H21NO. The molecule has 2 aromatic carbocycles. The summed E-state index contributed by atoms with van der Waals surface area (Å²) in [6.45, 7) is 6.33. The molecule has 0 bridgehead atoms. The Balaban J connectivity index is 2.35. The molecular weight excluding hydrogens is 234 g/mol. The molecule has 2 nitrogen and oxygen atoms in total. The fourth-order valence-electron chi connectivity index (χ4n) is 2.07. The fourth-order valence-corrected chi connectivity index (χ4v) is 2.07. The Morgan fingerprint density at radius 2 is 1.47 bits per heavy atom. The minimum atomic E-state index is -0.604. The van der Waals surface area contributed by atoms with Gasteiger partial charge in [-0.05, 0) is 32.4 Å². The average molecular weight is 255 g/mol. The van der Waals surface area contributed by atoms with Crippen LogP contribution in [0.15, 0.2) is 54.6 Å². The second-order valence-electron chi connectivity index (χ2n) is 5.78. The van der Waals surface area contributed by atoms with Crippen LogP contribution in [0.2, 0.25) is 0 Å². The number of hydrogen-bond donors (Lipinski definition) is 2. The van der Waals surface area contributed by atoms with Crippen LogP contribution in [0.25, 0.3) is 0 Å². The number of aliphatic hydroxyl groups excluding tert-OH is 1. The molecule has 1 unspecified atom stereocenters. The first kappa shape index (κ1) is 13.6. The molecule has 1 atom stereocenters. The first-order valence-electron chi connectivity index (χ1n) is 6.57. The summed E-state index contributed by atoms with van der Waals surface area (Å²) in [5.41, 5.74) is 2.76. The molecule has 0 aromatic heterocycles. The van der Waals surface area contributed by atoms with Crippen molar-refractivity contribution < 1.29 is 5.11 Å². The summed E-state index contributed by atoms with van der Waals surface area (Å²) in [7, 11) is 0. The Labute approximate surface area is 115 Å². The summed E-state index contributed by atoms with van der Waals surface area (Å²) in [5, 5.41) is 14.0. The van der Waals surface area contributed by atoms with Crippen molar-refractivity contribution >= 4 is 5.69 Å². The van der Waals surface area contributed by atoms with Gasteiger partial charge in [0.25, 0.3) is 0 Å². The highest BCUT2D eigenvalue weighted by atomic mass is 16.3. The summed E-state index contributed by atoms with van der Waals surface area (Å²) in [6, 6.07) is 17.6. The predicted molar refractivity (Wildman–Crippen MR) is 80.3 cm³/mol. The lowest BCUT2D eigenvalue weighted by Gasteiger charge is -2.25. The summed E-state index contributed by atoms with van der Waals surface area (Å²) >= 11 is 0. The Hall–Kier alpha value is -1.80. The predicted octanol–water partition coefficient (Wildman–Crippen LogP) is 3.98. The second-order valence-corrected chi connectivity index (χ2v) is 5.78. The van der Waals surface area contributed by atoms with Crippen molar-refractivity contribution in [3.05, 3.63) is 65.7 Å². The van der Waals surface area contributed by atoms with Crippen LogP contribution in [0.1, 0.15) is 38.0 Å². The molecule has 0 aliphatic carbocycles. The molecule has 100 valence electrons. The van der Waals surface area contributed by atoms with E-state index in [4.69, 9.17) is 0 Å². The van der Waals surface area contributed by atoms with Gasteiger partial charge in [0.05, 0.1) is 0 Å². The number of nitrogens with one attached hydrogen (secondary N) is 1. The van der Waals surface area contributed by atoms with Crippen LogP contribution in [0.4, 0.5) is 5.69 Å². The Morgan fingerprint density at radius 3 is 2.11 bits per heavy atom. The number of anilines is 1. The molecule has 0 aliphatic heterocycles. The summed E-state index contributed by atoms with van der Waals surface area (Å²) in [6.07, 6.45) is -0.604. The van der Waals surface area contributed by atoms with Crippen molar-refractivity contribution in [1.29, 1.82) is 0 Å². The van der Waals surface area contributed by atoms with Gasteiger partial charge < -0.3 is 10.4 Å². The van der Waals surface area contributed by atoms with Crippen molar-refractivity contribution in [3.63, 3.8) is 0 Å². The van der Waals surface area contributed by atoms with Crippen LogP contribution in [-0.2, 0) is 0 Å². The minimum absolute atomic E-state index is 0.0352. The average Bonchev–Trinajstić information content (AvgIpc) is 2.38. The Kier molecular flexibility index (Phi) is 3.91. The molecule has 2 rings (SSSR count). The van der Waals surface area contributed by atoms with Crippen molar-refractivity contribution in [3.8, 4) is 0 Å². The third kappa shape index (κ3) is 3.58. The van der Waals surface area contributed by atoms with E-state index in [1.54, 1.807) is 0 Å². The molecule has 2 heteroatoms. The molecule has 0 heterocycles. The summed E-state index contributed by atoms with van der Waals surface area (Å²) in [4.78, 5) is 0. The normalized spacial score (nSPS) is 13.1. The minimum Gasteiger partial charge on any atom is -0.384 e. The SMILES string of the molecule is CC(C)(C)Nc1ccccc1C(O)c1ccccc1. The van der Waals surface area contributed by atoms with E-state index in [0.717, 1.165) is 16.8 Å².